The van der Waals surface area contributed by atoms with Crippen LogP contribution in [0.2, 0.25) is 0 Å². The third-order valence-corrected chi connectivity index (χ3v) is 3.55. The number of rotatable bonds is 2. The third kappa shape index (κ3) is 1.70. The van der Waals surface area contributed by atoms with Gasteiger partial charge in [0.1, 0.15) is 11.5 Å². The fourth-order valence-corrected chi connectivity index (χ4v) is 2.63. The SMILES string of the molecule is COc1cccc2c1Cc1c(OC)cccc1C2=O. The Bertz CT molecular complexity index is 604. The van der Waals surface area contributed by atoms with Crippen molar-refractivity contribution in [2.45, 2.75) is 6.42 Å². The number of carbonyl (C=O) groups is 1. The molecule has 0 aliphatic heterocycles. The van der Waals surface area contributed by atoms with Gasteiger partial charge in [-0.05, 0) is 12.1 Å². The first kappa shape index (κ1) is 11.8. The summed E-state index contributed by atoms with van der Waals surface area (Å²) < 4.78 is 10.7. The van der Waals surface area contributed by atoms with E-state index in [1.807, 2.05) is 36.4 Å². The molecule has 0 N–H and O–H groups in total. The highest BCUT2D eigenvalue weighted by atomic mass is 16.5. The number of hydrogen-bond donors (Lipinski definition) is 0. The molecule has 3 nitrogen and oxygen atoms in total. The molecule has 1 aliphatic rings. The average molecular weight is 254 g/mol. The standard InChI is InChI=1S/C16H14O3/c1-18-14-7-3-5-10-12(14)9-13-11(16(10)17)6-4-8-15(13)19-2/h3-8H,9H2,1-2H3. The van der Waals surface area contributed by atoms with E-state index in [9.17, 15) is 4.79 Å². The fraction of sp³-hybridized carbons (Fsp3) is 0.188. The minimum absolute atomic E-state index is 0.0362. The van der Waals surface area contributed by atoms with E-state index in [1.54, 1.807) is 14.2 Å². The van der Waals surface area contributed by atoms with Crippen LogP contribution in [0.1, 0.15) is 27.0 Å². The molecule has 0 atom stereocenters. The molecular weight excluding hydrogens is 240 g/mol. The molecule has 0 saturated carbocycles. The second-order valence-corrected chi connectivity index (χ2v) is 4.48. The van der Waals surface area contributed by atoms with Crippen molar-refractivity contribution in [3.63, 3.8) is 0 Å². The smallest absolute Gasteiger partial charge is 0.193 e. The quantitative estimate of drug-likeness (QED) is 0.705. The summed E-state index contributed by atoms with van der Waals surface area (Å²) in [7, 11) is 3.25. The van der Waals surface area contributed by atoms with Gasteiger partial charge >= 0.3 is 0 Å². The highest BCUT2D eigenvalue weighted by molar-refractivity contribution is 6.13. The van der Waals surface area contributed by atoms with Gasteiger partial charge in [0.25, 0.3) is 0 Å². The van der Waals surface area contributed by atoms with E-state index < -0.39 is 0 Å². The first-order valence-electron chi connectivity index (χ1n) is 6.12. The van der Waals surface area contributed by atoms with Crippen molar-refractivity contribution < 1.29 is 14.3 Å². The fourth-order valence-electron chi connectivity index (χ4n) is 2.63. The summed E-state index contributed by atoms with van der Waals surface area (Å²) in [5.74, 6) is 1.54. The lowest BCUT2D eigenvalue weighted by Crippen LogP contribution is -2.16. The van der Waals surface area contributed by atoms with Crippen molar-refractivity contribution in [3.05, 3.63) is 58.7 Å². The molecule has 0 aromatic heterocycles. The van der Waals surface area contributed by atoms with Gasteiger partial charge in [0.15, 0.2) is 5.78 Å². The Kier molecular flexibility index (Phi) is 2.75. The summed E-state index contributed by atoms with van der Waals surface area (Å²) in [6, 6.07) is 11.2. The number of ketones is 1. The molecule has 19 heavy (non-hydrogen) atoms. The van der Waals surface area contributed by atoms with E-state index in [0.29, 0.717) is 6.42 Å². The van der Waals surface area contributed by atoms with Gasteiger partial charge in [-0.3, -0.25) is 4.79 Å². The Morgan fingerprint density at radius 3 is 1.74 bits per heavy atom. The van der Waals surface area contributed by atoms with Crippen LogP contribution < -0.4 is 9.47 Å². The van der Waals surface area contributed by atoms with Crippen molar-refractivity contribution in [1.82, 2.24) is 0 Å². The van der Waals surface area contributed by atoms with Crippen LogP contribution in [0.3, 0.4) is 0 Å². The van der Waals surface area contributed by atoms with Gasteiger partial charge in [0.2, 0.25) is 0 Å². The van der Waals surface area contributed by atoms with Crippen LogP contribution in [0.15, 0.2) is 36.4 Å². The normalized spacial score (nSPS) is 12.6. The highest BCUT2D eigenvalue weighted by Crippen LogP contribution is 2.36. The number of fused-ring (bicyclic) bond motifs is 2. The molecule has 0 bridgehead atoms. The molecule has 0 heterocycles. The molecule has 3 rings (SSSR count). The van der Waals surface area contributed by atoms with Crippen LogP contribution >= 0.6 is 0 Å². The Labute approximate surface area is 111 Å². The zero-order valence-corrected chi connectivity index (χ0v) is 10.9. The predicted octanol–water partition coefficient (Wildman–Crippen LogP) is 2.84. The van der Waals surface area contributed by atoms with Gasteiger partial charge in [0, 0.05) is 28.7 Å². The summed E-state index contributed by atoms with van der Waals surface area (Å²) in [5.41, 5.74) is 3.32. The van der Waals surface area contributed by atoms with Crippen LogP contribution in [0.4, 0.5) is 0 Å². The van der Waals surface area contributed by atoms with Crippen molar-refractivity contribution in [2.24, 2.45) is 0 Å². The topological polar surface area (TPSA) is 35.5 Å². The molecule has 3 heteroatoms. The van der Waals surface area contributed by atoms with Crippen molar-refractivity contribution in [1.29, 1.82) is 0 Å². The monoisotopic (exact) mass is 254 g/mol. The van der Waals surface area contributed by atoms with E-state index >= 15 is 0 Å². The molecule has 0 fully saturated rings. The van der Waals surface area contributed by atoms with Gasteiger partial charge in [0.05, 0.1) is 14.2 Å². The van der Waals surface area contributed by atoms with E-state index in [4.69, 9.17) is 9.47 Å². The minimum Gasteiger partial charge on any atom is -0.496 e. The summed E-state index contributed by atoms with van der Waals surface area (Å²) in [6.07, 6.45) is 0.657. The van der Waals surface area contributed by atoms with Crippen molar-refractivity contribution in [3.8, 4) is 11.5 Å². The van der Waals surface area contributed by atoms with Crippen LogP contribution in [-0.4, -0.2) is 20.0 Å². The van der Waals surface area contributed by atoms with Crippen molar-refractivity contribution in [2.75, 3.05) is 14.2 Å². The number of benzene rings is 2. The molecule has 2 aromatic rings. The molecule has 2 aromatic carbocycles. The summed E-state index contributed by atoms with van der Waals surface area (Å²) >= 11 is 0. The van der Waals surface area contributed by atoms with Gasteiger partial charge < -0.3 is 9.47 Å². The lowest BCUT2D eigenvalue weighted by atomic mass is 9.84. The summed E-state index contributed by atoms with van der Waals surface area (Å²) in [5, 5.41) is 0. The van der Waals surface area contributed by atoms with Gasteiger partial charge in [-0.15, -0.1) is 0 Å². The van der Waals surface area contributed by atoms with Gasteiger partial charge in [-0.1, -0.05) is 24.3 Å². The number of methoxy groups -OCH3 is 2. The van der Waals surface area contributed by atoms with Crippen molar-refractivity contribution >= 4 is 5.78 Å². The number of hydrogen-bond acceptors (Lipinski definition) is 3. The molecule has 0 saturated heterocycles. The molecule has 0 spiro atoms. The predicted molar refractivity (Wildman–Crippen MR) is 72.2 cm³/mol. The zero-order valence-electron chi connectivity index (χ0n) is 10.9. The Balaban J connectivity index is 2.23. The second kappa shape index (κ2) is 4.43. The first-order chi connectivity index (χ1) is 9.26. The largest absolute Gasteiger partial charge is 0.496 e. The third-order valence-electron chi connectivity index (χ3n) is 3.55. The Morgan fingerprint density at radius 2 is 1.32 bits per heavy atom. The van der Waals surface area contributed by atoms with Crippen LogP contribution in [0.5, 0.6) is 11.5 Å². The van der Waals surface area contributed by atoms with E-state index in [0.717, 1.165) is 33.8 Å². The molecule has 1 aliphatic carbocycles. The lowest BCUT2D eigenvalue weighted by molar-refractivity contribution is 0.103. The lowest BCUT2D eigenvalue weighted by Gasteiger charge is -2.22. The molecule has 0 radical (unpaired) electrons. The highest BCUT2D eigenvalue weighted by Gasteiger charge is 2.27. The van der Waals surface area contributed by atoms with E-state index in [-0.39, 0.29) is 5.78 Å². The van der Waals surface area contributed by atoms with E-state index in [2.05, 4.69) is 0 Å². The maximum absolute atomic E-state index is 12.5. The molecule has 96 valence electrons. The van der Waals surface area contributed by atoms with Gasteiger partial charge in [-0.25, -0.2) is 0 Å². The summed E-state index contributed by atoms with van der Waals surface area (Å²) in [4.78, 5) is 12.5. The molecule has 0 unspecified atom stereocenters. The minimum atomic E-state index is 0.0362. The second-order valence-electron chi connectivity index (χ2n) is 4.48. The Morgan fingerprint density at radius 1 is 0.842 bits per heavy atom. The Hall–Kier alpha value is -2.29. The molecule has 0 amide bonds. The van der Waals surface area contributed by atoms with Crippen LogP contribution in [0.25, 0.3) is 0 Å². The van der Waals surface area contributed by atoms with Crippen LogP contribution in [-0.2, 0) is 6.42 Å². The maximum atomic E-state index is 12.5. The first-order valence-corrected chi connectivity index (χ1v) is 6.12. The number of ether oxygens (including phenoxy) is 2. The van der Waals surface area contributed by atoms with E-state index in [1.165, 1.54) is 0 Å². The number of carbonyl (C=O) groups excluding carboxylic acids is 1. The maximum Gasteiger partial charge on any atom is 0.193 e. The molecular formula is C16H14O3. The average Bonchev–Trinajstić information content (AvgIpc) is 2.46. The van der Waals surface area contributed by atoms with Crippen LogP contribution in [0, 0.1) is 0 Å². The zero-order chi connectivity index (χ0) is 13.4. The van der Waals surface area contributed by atoms with Gasteiger partial charge in [-0.2, -0.15) is 0 Å². The summed E-state index contributed by atoms with van der Waals surface area (Å²) in [6.45, 7) is 0.